The quantitative estimate of drug-likeness (QED) is 0.722. The van der Waals surface area contributed by atoms with E-state index in [4.69, 9.17) is 0 Å². The summed E-state index contributed by atoms with van der Waals surface area (Å²) >= 11 is 0. The largest absolute Gasteiger partial charge is 0.303 e. The van der Waals surface area contributed by atoms with Crippen molar-refractivity contribution in [3.8, 4) is 6.07 Å². The van der Waals surface area contributed by atoms with Gasteiger partial charge in [-0.15, -0.1) is 0 Å². The molecule has 18 heavy (non-hydrogen) atoms. The van der Waals surface area contributed by atoms with Crippen LogP contribution in [0.5, 0.6) is 0 Å². The fourth-order valence-corrected chi connectivity index (χ4v) is 2.19. The minimum absolute atomic E-state index is 0.349. The van der Waals surface area contributed by atoms with Crippen molar-refractivity contribution >= 4 is 0 Å². The Labute approximate surface area is 114 Å². The van der Waals surface area contributed by atoms with Gasteiger partial charge >= 0.3 is 0 Å². The lowest BCUT2D eigenvalue weighted by Crippen LogP contribution is -2.45. The summed E-state index contributed by atoms with van der Waals surface area (Å²) in [6.45, 7) is 14.0. The van der Waals surface area contributed by atoms with Crippen LogP contribution in [0, 0.1) is 17.2 Å². The van der Waals surface area contributed by atoms with Gasteiger partial charge in [0, 0.05) is 12.1 Å². The molecular weight excluding hydrogens is 222 g/mol. The molecule has 2 atom stereocenters. The van der Waals surface area contributed by atoms with Gasteiger partial charge in [0.1, 0.15) is 5.54 Å². The first-order chi connectivity index (χ1) is 8.22. The first-order valence-corrected chi connectivity index (χ1v) is 7.11. The second-order valence-electron chi connectivity index (χ2n) is 6.31. The lowest BCUT2D eigenvalue weighted by Gasteiger charge is -2.30. The van der Waals surface area contributed by atoms with Gasteiger partial charge in [-0.2, -0.15) is 5.26 Å². The number of rotatable bonds is 8. The Bertz CT molecular complexity index is 267. The topological polar surface area (TPSA) is 39.1 Å². The predicted octanol–water partition coefficient (Wildman–Crippen LogP) is 3.02. The maximum Gasteiger partial charge on any atom is 0.104 e. The molecule has 0 spiro atoms. The second-order valence-corrected chi connectivity index (χ2v) is 6.31. The van der Waals surface area contributed by atoms with E-state index < -0.39 is 5.54 Å². The molecule has 2 unspecified atom stereocenters. The van der Waals surface area contributed by atoms with Crippen molar-refractivity contribution < 1.29 is 0 Å². The van der Waals surface area contributed by atoms with Crippen molar-refractivity contribution in [1.82, 2.24) is 10.2 Å². The highest BCUT2D eigenvalue weighted by molar-refractivity contribution is 5.04. The molecule has 0 saturated carbocycles. The molecule has 1 N–H and O–H groups in total. The first-order valence-electron chi connectivity index (χ1n) is 7.11. The Kier molecular flexibility index (Phi) is 7.51. The summed E-state index contributed by atoms with van der Waals surface area (Å²) in [4.78, 5) is 2.39. The Morgan fingerprint density at radius 2 is 1.78 bits per heavy atom. The van der Waals surface area contributed by atoms with Crippen LogP contribution in [-0.4, -0.2) is 36.1 Å². The number of nitrogens with zero attached hydrogens (tertiary/aromatic N) is 2. The number of nitriles is 1. The molecule has 0 aliphatic rings. The number of hydrogen-bond donors (Lipinski definition) is 1. The van der Waals surface area contributed by atoms with Crippen LogP contribution in [-0.2, 0) is 0 Å². The summed E-state index contributed by atoms with van der Waals surface area (Å²) in [5.41, 5.74) is -0.393. The van der Waals surface area contributed by atoms with Crippen molar-refractivity contribution in [3.63, 3.8) is 0 Å². The van der Waals surface area contributed by atoms with Crippen LogP contribution in [0.3, 0.4) is 0 Å². The van der Waals surface area contributed by atoms with Gasteiger partial charge in [-0.25, -0.2) is 0 Å². The molecule has 0 saturated heterocycles. The molecule has 0 amide bonds. The van der Waals surface area contributed by atoms with E-state index in [1.807, 2.05) is 6.92 Å². The Balaban J connectivity index is 4.13. The van der Waals surface area contributed by atoms with Gasteiger partial charge in [0.15, 0.2) is 0 Å². The molecular formula is C15H31N3. The second kappa shape index (κ2) is 7.76. The maximum atomic E-state index is 9.27. The van der Waals surface area contributed by atoms with Crippen molar-refractivity contribution in [1.29, 1.82) is 5.26 Å². The van der Waals surface area contributed by atoms with Crippen LogP contribution in [0.4, 0.5) is 0 Å². The normalized spacial score (nSPS) is 16.9. The van der Waals surface area contributed by atoms with E-state index in [1.54, 1.807) is 0 Å². The zero-order valence-corrected chi connectivity index (χ0v) is 13.2. The maximum absolute atomic E-state index is 9.27. The summed E-state index contributed by atoms with van der Waals surface area (Å²) in [5.74, 6) is 0.672. The molecule has 106 valence electrons. The molecule has 0 rings (SSSR count). The third-order valence-corrected chi connectivity index (χ3v) is 3.70. The minimum Gasteiger partial charge on any atom is -0.303 e. The van der Waals surface area contributed by atoms with E-state index in [9.17, 15) is 5.26 Å². The Hall–Kier alpha value is -0.590. The summed E-state index contributed by atoms with van der Waals surface area (Å²) in [7, 11) is 2.17. The van der Waals surface area contributed by atoms with E-state index in [0.29, 0.717) is 18.0 Å². The molecule has 3 nitrogen and oxygen atoms in total. The van der Waals surface area contributed by atoms with Crippen LogP contribution in [0.25, 0.3) is 0 Å². The highest BCUT2D eigenvalue weighted by Crippen LogP contribution is 2.14. The monoisotopic (exact) mass is 253 g/mol. The van der Waals surface area contributed by atoms with Crippen LogP contribution in [0.1, 0.15) is 54.4 Å². The molecule has 0 aromatic carbocycles. The van der Waals surface area contributed by atoms with Crippen molar-refractivity contribution in [2.75, 3.05) is 13.6 Å². The summed E-state index contributed by atoms with van der Waals surface area (Å²) in [6.07, 6.45) is 1.95. The summed E-state index contributed by atoms with van der Waals surface area (Å²) in [6, 6.07) is 3.35. The molecule has 0 aromatic rings. The van der Waals surface area contributed by atoms with Crippen molar-refractivity contribution in [2.45, 2.75) is 72.0 Å². The first kappa shape index (κ1) is 17.4. The fourth-order valence-electron chi connectivity index (χ4n) is 2.19. The van der Waals surface area contributed by atoms with Crippen LogP contribution in [0.15, 0.2) is 0 Å². The van der Waals surface area contributed by atoms with E-state index in [-0.39, 0.29) is 0 Å². The van der Waals surface area contributed by atoms with Gasteiger partial charge in [-0.1, -0.05) is 13.8 Å². The Morgan fingerprint density at radius 3 is 2.17 bits per heavy atom. The third-order valence-electron chi connectivity index (χ3n) is 3.70. The summed E-state index contributed by atoms with van der Waals surface area (Å²) in [5, 5.41) is 12.6. The molecule has 0 fully saturated rings. The number of nitrogens with one attached hydrogen (secondary N) is 1. The lowest BCUT2D eigenvalue weighted by molar-refractivity contribution is 0.199. The van der Waals surface area contributed by atoms with Gasteiger partial charge in [-0.05, 0) is 60.0 Å². The summed E-state index contributed by atoms with van der Waals surface area (Å²) < 4.78 is 0. The third kappa shape index (κ3) is 6.37. The SMILES string of the molecule is CC(C)NC(C)(C#N)CCCN(C)C(C)C(C)C. The number of hydrogen-bond acceptors (Lipinski definition) is 3. The molecule has 0 aromatic heterocycles. The lowest BCUT2D eigenvalue weighted by atomic mass is 9.96. The van der Waals surface area contributed by atoms with Gasteiger partial charge in [0.05, 0.1) is 6.07 Å². The van der Waals surface area contributed by atoms with Crippen LogP contribution >= 0.6 is 0 Å². The molecule has 0 aliphatic carbocycles. The van der Waals surface area contributed by atoms with Gasteiger partial charge in [-0.3, -0.25) is 5.32 Å². The van der Waals surface area contributed by atoms with Crippen LogP contribution < -0.4 is 5.32 Å². The highest BCUT2D eigenvalue weighted by atomic mass is 15.1. The standard InChI is InChI=1S/C15H31N3/c1-12(2)14(5)18(7)10-8-9-15(6,11-16)17-13(3)4/h12-14,17H,8-10H2,1-7H3. The van der Waals surface area contributed by atoms with Crippen molar-refractivity contribution in [2.24, 2.45) is 5.92 Å². The zero-order chi connectivity index (χ0) is 14.3. The molecule has 0 bridgehead atoms. The Morgan fingerprint density at radius 1 is 1.22 bits per heavy atom. The highest BCUT2D eigenvalue weighted by Gasteiger charge is 2.24. The van der Waals surface area contributed by atoms with Gasteiger partial charge in [0.2, 0.25) is 0 Å². The van der Waals surface area contributed by atoms with Gasteiger partial charge < -0.3 is 4.90 Å². The van der Waals surface area contributed by atoms with Crippen molar-refractivity contribution in [3.05, 3.63) is 0 Å². The fraction of sp³-hybridized carbons (Fsp3) is 0.933. The molecule has 0 heterocycles. The predicted molar refractivity (Wildman–Crippen MR) is 78.5 cm³/mol. The van der Waals surface area contributed by atoms with Gasteiger partial charge in [0.25, 0.3) is 0 Å². The average Bonchev–Trinajstić information content (AvgIpc) is 2.26. The minimum atomic E-state index is -0.393. The van der Waals surface area contributed by atoms with Crippen LogP contribution in [0.2, 0.25) is 0 Å². The van der Waals surface area contributed by atoms with E-state index in [1.165, 1.54) is 0 Å². The molecule has 0 aliphatic heterocycles. The smallest absolute Gasteiger partial charge is 0.104 e. The molecule has 3 heteroatoms. The van der Waals surface area contributed by atoms with E-state index >= 15 is 0 Å². The molecule has 0 radical (unpaired) electrons. The zero-order valence-electron chi connectivity index (χ0n) is 13.2. The van der Waals surface area contributed by atoms with E-state index in [0.717, 1.165) is 19.4 Å². The average molecular weight is 253 g/mol. The van der Waals surface area contributed by atoms with E-state index in [2.05, 4.69) is 58.0 Å².